The van der Waals surface area contributed by atoms with Crippen LogP contribution in [0.4, 0.5) is 24.7 Å². The molecule has 0 atom stereocenters. The second kappa shape index (κ2) is 8.52. The van der Waals surface area contributed by atoms with E-state index in [2.05, 4.69) is 15.6 Å². The molecule has 4 rings (SSSR count). The van der Waals surface area contributed by atoms with Crippen LogP contribution in [0.5, 0.6) is 0 Å². The summed E-state index contributed by atoms with van der Waals surface area (Å²) in [6.07, 6.45) is 2.72. The smallest absolute Gasteiger partial charge is 0.352 e. The van der Waals surface area contributed by atoms with Gasteiger partial charge in [-0.2, -0.15) is 0 Å². The quantitative estimate of drug-likeness (QED) is 0.358. The third kappa shape index (κ3) is 3.65. The van der Waals surface area contributed by atoms with Crippen molar-refractivity contribution >= 4 is 28.4 Å². The second-order valence-corrected chi connectivity index (χ2v) is 7.52. The number of fused-ring (bicyclic) bond motifs is 1. The first-order chi connectivity index (χ1) is 15.4. The summed E-state index contributed by atoms with van der Waals surface area (Å²) in [4.78, 5) is 29.0. The molecule has 32 heavy (non-hydrogen) atoms. The fraction of sp³-hybridized carbons (Fsp3) is 0.318. The van der Waals surface area contributed by atoms with E-state index in [0.717, 1.165) is 4.57 Å². The van der Waals surface area contributed by atoms with E-state index in [4.69, 9.17) is 0 Å². The highest BCUT2D eigenvalue weighted by molar-refractivity contribution is 5.94. The highest BCUT2D eigenvalue weighted by Gasteiger charge is 2.36. The second-order valence-electron chi connectivity index (χ2n) is 7.52. The van der Waals surface area contributed by atoms with Crippen molar-refractivity contribution in [2.75, 3.05) is 23.7 Å². The molecule has 3 aromatic rings. The molecule has 2 heterocycles. The van der Waals surface area contributed by atoms with E-state index in [0.29, 0.717) is 18.7 Å². The average Bonchev–Trinajstić information content (AvgIpc) is 3.61. The number of aromatic carboxylic acids is 1. The van der Waals surface area contributed by atoms with Crippen molar-refractivity contribution in [3.63, 3.8) is 0 Å². The number of pyridine rings is 2. The lowest BCUT2D eigenvalue weighted by Gasteiger charge is -2.20. The lowest BCUT2D eigenvalue weighted by molar-refractivity contribution is 0.0683. The van der Waals surface area contributed by atoms with Crippen LogP contribution in [-0.4, -0.2) is 33.7 Å². The fourth-order valence-corrected chi connectivity index (χ4v) is 3.91. The van der Waals surface area contributed by atoms with Gasteiger partial charge in [0.15, 0.2) is 22.9 Å². The Morgan fingerprint density at radius 3 is 2.47 bits per heavy atom. The number of nitrogens with one attached hydrogen (secondary N) is 2. The summed E-state index contributed by atoms with van der Waals surface area (Å²) in [6, 6.07) is 5.21. The third-order valence-corrected chi connectivity index (χ3v) is 5.46. The minimum atomic E-state index is -1.52. The highest BCUT2D eigenvalue weighted by Crippen LogP contribution is 2.42. The van der Waals surface area contributed by atoms with E-state index in [-0.39, 0.29) is 36.8 Å². The molecule has 168 valence electrons. The van der Waals surface area contributed by atoms with Crippen LogP contribution in [0.15, 0.2) is 29.2 Å². The van der Waals surface area contributed by atoms with E-state index < -0.39 is 45.4 Å². The van der Waals surface area contributed by atoms with Gasteiger partial charge in [-0.05, 0) is 37.8 Å². The van der Waals surface area contributed by atoms with E-state index in [1.165, 1.54) is 0 Å². The Labute approximate surface area is 180 Å². The normalized spacial score (nSPS) is 13.4. The number of benzene rings is 1. The number of hydrogen-bond donors (Lipinski definition) is 3. The molecule has 1 aromatic carbocycles. The summed E-state index contributed by atoms with van der Waals surface area (Å²) in [5, 5.41) is 14.4. The molecular weight excluding hydrogens is 425 g/mol. The van der Waals surface area contributed by atoms with E-state index >= 15 is 8.78 Å². The average molecular weight is 446 g/mol. The van der Waals surface area contributed by atoms with Crippen molar-refractivity contribution in [3.05, 3.63) is 63.3 Å². The maximum atomic E-state index is 15.4. The summed E-state index contributed by atoms with van der Waals surface area (Å²) in [6.45, 7) is 1.74. The van der Waals surface area contributed by atoms with Gasteiger partial charge in [-0.15, -0.1) is 0 Å². The summed E-state index contributed by atoms with van der Waals surface area (Å²) in [5.74, 6) is -5.42. The van der Waals surface area contributed by atoms with Crippen LogP contribution < -0.4 is 16.1 Å². The molecule has 1 aliphatic carbocycles. The van der Waals surface area contributed by atoms with Crippen molar-refractivity contribution in [2.24, 2.45) is 0 Å². The lowest BCUT2D eigenvalue weighted by Crippen LogP contribution is -2.26. The number of hydrogen-bond acceptors (Lipinski definition) is 5. The van der Waals surface area contributed by atoms with Crippen molar-refractivity contribution in [1.29, 1.82) is 0 Å². The Hall–Kier alpha value is -3.56. The zero-order valence-corrected chi connectivity index (χ0v) is 17.2. The van der Waals surface area contributed by atoms with Gasteiger partial charge in [0, 0.05) is 31.4 Å². The maximum absolute atomic E-state index is 15.4. The Bertz CT molecular complexity index is 1260. The van der Waals surface area contributed by atoms with Gasteiger partial charge in [-0.3, -0.25) is 4.79 Å². The number of anilines is 2. The number of halogens is 3. The fourth-order valence-electron chi connectivity index (χ4n) is 3.91. The number of carboxylic acids is 1. The van der Waals surface area contributed by atoms with Gasteiger partial charge in [-0.25, -0.2) is 22.9 Å². The summed E-state index contributed by atoms with van der Waals surface area (Å²) in [5.41, 5.74) is -2.75. The van der Waals surface area contributed by atoms with Gasteiger partial charge < -0.3 is 20.3 Å². The molecule has 0 spiro atoms. The number of carboxylic acid groups (broad SMARTS) is 1. The Morgan fingerprint density at radius 1 is 1.16 bits per heavy atom. The number of nitrogens with zero attached hydrogens (tertiary/aromatic N) is 2. The number of aromatic nitrogens is 2. The van der Waals surface area contributed by atoms with E-state index in [1.54, 1.807) is 31.3 Å². The highest BCUT2D eigenvalue weighted by atomic mass is 19.2. The summed E-state index contributed by atoms with van der Waals surface area (Å²) < 4.78 is 46.3. The number of aryl methyl sites for hydroxylation is 1. The molecule has 7 nitrogen and oxygen atoms in total. The minimum absolute atomic E-state index is 0.0116. The monoisotopic (exact) mass is 446 g/mol. The van der Waals surface area contributed by atoms with Crippen LogP contribution >= 0.6 is 0 Å². The molecule has 1 fully saturated rings. The van der Waals surface area contributed by atoms with Gasteiger partial charge in [0.2, 0.25) is 0 Å². The first kappa shape index (κ1) is 21.7. The van der Waals surface area contributed by atoms with Crippen molar-refractivity contribution in [1.82, 2.24) is 9.55 Å². The molecule has 2 aromatic heterocycles. The van der Waals surface area contributed by atoms with Crippen LogP contribution in [0.25, 0.3) is 10.9 Å². The molecule has 1 saturated carbocycles. The topological polar surface area (TPSA) is 96.2 Å². The minimum Gasteiger partial charge on any atom is -0.477 e. The van der Waals surface area contributed by atoms with Gasteiger partial charge in [0.25, 0.3) is 0 Å². The van der Waals surface area contributed by atoms with Crippen LogP contribution in [0.1, 0.15) is 41.7 Å². The lowest BCUT2D eigenvalue weighted by atomic mass is 10.0. The maximum Gasteiger partial charge on any atom is 0.352 e. The summed E-state index contributed by atoms with van der Waals surface area (Å²) >= 11 is 0. The molecule has 0 radical (unpaired) electrons. The van der Waals surface area contributed by atoms with Gasteiger partial charge in [0.05, 0.1) is 10.9 Å². The molecule has 0 bridgehead atoms. The number of rotatable bonds is 8. The van der Waals surface area contributed by atoms with Crippen LogP contribution in [0.2, 0.25) is 0 Å². The molecule has 0 unspecified atom stereocenters. The largest absolute Gasteiger partial charge is 0.477 e. The van der Waals surface area contributed by atoms with E-state index in [1.807, 2.05) is 0 Å². The van der Waals surface area contributed by atoms with Crippen LogP contribution in [0.3, 0.4) is 0 Å². The molecule has 3 N–H and O–H groups in total. The Kier molecular flexibility index (Phi) is 5.77. The van der Waals surface area contributed by atoms with Crippen molar-refractivity contribution in [2.45, 2.75) is 32.2 Å². The van der Waals surface area contributed by atoms with E-state index in [9.17, 15) is 19.1 Å². The molecule has 10 heteroatoms. The van der Waals surface area contributed by atoms with Gasteiger partial charge in [0.1, 0.15) is 17.2 Å². The van der Waals surface area contributed by atoms with Crippen molar-refractivity contribution in [3.8, 4) is 0 Å². The zero-order chi connectivity index (χ0) is 23.0. The predicted molar refractivity (Wildman–Crippen MR) is 114 cm³/mol. The molecule has 0 saturated heterocycles. The SMILES string of the molecule is CCn1c(C(=O)O)c(C2CC2)c(=O)c2c(F)c(F)c(NCCNc3ccccn3)c(F)c21. The molecule has 0 amide bonds. The number of carbonyl (C=O) groups is 1. The Balaban J connectivity index is 1.79. The molecule has 1 aliphatic rings. The third-order valence-electron chi connectivity index (χ3n) is 5.46. The zero-order valence-electron chi connectivity index (χ0n) is 17.2. The predicted octanol–water partition coefficient (Wildman–Crippen LogP) is 3.93. The first-order valence-corrected chi connectivity index (χ1v) is 10.3. The molecular formula is C22H21F3N4O3. The van der Waals surface area contributed by atoms with Crippen molar-refractivity contribution < 1.29 is 23.1 Å². The molecule has 0 aliphatic heterocycles. The van der Waals surface area contributed by atoms with Gasteiger partial charge >= 0.3 is 5.97 Å². The van der Waals surface area contributed by atoms with Crippen LogP contribution in [-0.2, 0) is 6.54 Å². The standard InChI is InChI=1S/C22H21F3N4O3/c1-2-29-19-14(21(30)13(11-6-7-11)20(29)22(31)32)15(23)16(24)18(17(19)25)28-10-9-27-12-5-3-4-8-26-12/h3-5,8,11,28H,2,6-7,9-10H2,1H3,(H,26,27)(H,31,32). The first-order valence-electron chi connectivity index (χ1n) is 10.3. The Morgan fingerprint density at radius 2 is 1.88 bits per heavy atom. The van der Waals surface area contributed by atoms with Gasteiger partial charge in [-0.1, -0.05) is 6.07 Å². The summed E-state index contributed by atoms with van der Waals surface area (Å²) in [7, 11) is 0. The van der Waals surface area contributed by atoms with Crippen LogP contribution in [0, 0.1) is 17.5 Å².